The third-order valence-corrected chi connectivity index (χ3v) is 4.59. The molecule has 3 unspecified atom stereocenters. The van der Waals surface area contributed by atoms with Crippen LogP contribution in [0, 0.1) is 5.92 Å². The van der Waals surface area contributed by atoms with E-state index in [1.54, 1.807) is 0 Å². The molecule has 3 atom stereocenters. The maximum absolute atomic E-state index is 11.9. The number of hydrogen-bond acceptors (Lipinski definition) is 3. The summed E-state index contributed by atoms with van der Waals surface area (Å²) in [6, 6.07) is 8.28. The Morgan fingerprint density at radius 1 is 1.45 bits per heavy atom. The molecule has 2 heterocycles. The van der Waals surface area contributed by atoms with E-state index >= 15 is 0 Å². The minimum absolute atomic E-state index is 0.107. The first kappa shape index (κ1) is 13.4. The van der Waals surface area contributed by atoms with Crippen LogP contribution < -0.4 is 10.2 Å². The number of aliphatic hydroxyl groups is 1. The number of nitrogens with one attached hydrogen (secondary N) is 1. The van der Waals surface area contributed by atoms with Crippen molar-refractivity contribution in [3.05, 3.63) is 29.8 Å². The van der Waals surface area contributed by atoms with Crippen molar-refractivity contribution in [2.45, 2.75) is 38.3 Å². The molecule has 2 aliphatic rings. The SMILES string of the molecule is CCC(O)c1ccccc1N1CCCC2C(=O)NCC21. The Labute approximate surface area is 119 Å². The molecule has 2 N–H and O–H groups in total. The van der Waals surface area contributed by atoms with Crippen LogP contribution in [0.3, 0.4) is 0 Å². The molecule has 1 aromatic rings. The molecule has 0 aromatic heterocycles. The number of hydrogen-bond donors (Lipinski definition) is 2. The van der Waals surface area contributed by atoms with Gasteiger partial charge in [0, 0.05) is 24.3 Å². The molecule has 108 valence electrons. The monoisotopic (exact) mass is 274 g/mol. The molecule has 2 fully saturated rings. The fourth-order valence-electron chi connectivity index (χ4n) is 3.50. The maximum Gasteiger partial charge on any atom is 0.225 e. The second kappa shape index (κ2) is 5.44. The lowest BCUT2D eigenvalue weighted by Gasteiger charge is -2.39. The van der Waals surface area contributed by atoms with Gasteiger partial charge in [0.25, 0.3) is 0 Å². The first-order chi connectivity index (χ1) is 9.72. The maximum atomic E-state index is 11.9. The number of fused-ring (bicyclic) bond motifs is 1. The molecule has 1 aromatic carbocycles. The van der Waals surface area contributed by atoms with Gasteiger partial charge in [0.1, 0.15) is 0 Å². The second-order valence-electron chi connectivity index (χ2n) is 5.74. The van der Waals surface area contributed by atoms with Crippen LogP contribution >= 0.6 is 0 Å². The minimum atomic E-state index is -0.434. The lowest BCUT2D eigenvalue weighted by atomic mass is 9.90. The van der Waals surface area contributed by atoms with Crippen LogP contribution in [0.5, 0.6) is 0 Å². The summed E-state index contributed by atoms with van der Waals surface area (Å²) in [5, 5.41) is 13.2. The van der Waals surface area contributed by atoms with Gasteiger partial charge < -0.3 is 15.3 Å². The normalized spacial score (nSPS) is 27.1. The quantitative estimate of drug-likeness (QED) is 0.884. The number of carbonyl (C=O) groups excluding carboxylic acids is 1. The van der Waals surface area contributed by atoms with Crippen LogP contribution in [-0.2, 0) is 4.79 Å². The van der Waals surface area contributed by atoms with E-state index in [0.29, 0.717) is 6.42 Å². The van der Waals surface area contributed by atoms with Crippen LogP contribution in [0.4, 0.5) is 5.69 Å². The predicted octanol–water partition coefficient (Wildman–Crippen LogP) is 1.84. The zero-order chi connectivity index (χ0) is 14.1. The standard InChI is InChI=1S/C16H22N2O2/c1-2-15(19)11-6-3-4-8-13(11)18-9-5-7-12-14(18)10-17-16(12)20/h3-4,6,8,12,14-15,19H,2,5,7,9-10H2,1H3,(H,17,20). The van der Waals surface area contributed by atoms with Gasteiger partial charge in [-0.05, 0) is 25.3 Å². The van der Waals surface area contributed by atoms with E-state index in [1.807, 2.05) is 25.1 Å². The van der Waals surface area contributed by atoms with Crippen molar-refractivity contribution >= 4 is 11.6 Å². The Balaban J connectivity index is 1.94. The number of benzene rings is 1. The van der Waals surface area contributed by atoms with Gasteiger partial charge in [-0.2, -0.15) is 0 Å². The largest absolute Gasteiger partial charge is 0.388 e. The molecule has 4 heteroatoms. The first-order valence-electron chi connectivity index (χ1n) is 7.53. The van der Waals surface area contributed by atoms with Crippen LogP contribution in [0.25, 0.3) is 0 Å². The highest BCUT2D eigenvalue weighted by atomic mass is 16.3. The summed E-state index contributed by atoms with van der Waals surface area (Å²) in [5.74, 6) is 0.295. The summed E-state index contributed by atoms with van der Waals surface area (Å²) in [6.45, 7) is 3.67. The summed E-state index contributed by atoms with van der Waals surface area (Å²) >= 11 is 0. The second-order valence-corrected chi connectivity index (χ2v) is 5.74. The number of piperidine rings is 1. The Kier molecular flexibility index (Phi) is 3.66. The molecule has 0 bridgehead atoms. The molecule has 2 saturated heterocycles. The molecule has 0 saturated carbocycles. The molecular formula is C16H22N2O2. The van der Waals surface area contributed by atoms with E-state index < -0.39 is 6.10 Å². The third-order valence-electron chi connectivity index (χ3n) is 4.59. The number of nitrogens with zero attached hydrogens (tertiary/aromatic N) is 1. The Morgan fingerprint density at radius 3 is 3.05 bits per heavy atom. The van der Waals surface area contributed by atoms with Gasteiger partial charge in [0.15, 0.2) is 0 Å². The number of carbonyl (C=O) groups is 1. The van der Waals surface area contributed by atoms with E-state index in [2.05, 4.69) is 16.3 Å². The van der Waals surface area contributed by atoms with E-state index in [9.17, 15) is 9.90 Å². The summed E-state index contributed by atoms with van der Waals surface area (Å²) in [7, 11) is 0. The molecule has 0 spiro atoms. The highest BCUT2D eigenvalue weighted by Gasteiger charge is 2.41. The van der Waals surface area contributed by atoms with Gasteiger partial charge in [0.2, 0.25) is 5.91 Å². The van der Waals surface area contributed by atoms with E-state index in [1.165, 1.54) is 0 Å². The minimum Gasteiger partial charge on any atom is -0.388 e. The Hall–Kier alpha value is -1.55. The van der Waals surface area contributed by atoms with Crippen molar-refractivity contribution < 1.29 is 9.90 Å². The zero-order valence-electron chi connectivity index (χ0n) is 11.9. The molecule has 4 nitrogen and oxygen atoms in total. The topological polar surface area (TPSA) is 52.6 Å². The summed E-state index contributed by atoms with van der Waals surface area (Å²) in [4.78, 5) is 14.2. The van der Waals surface area contributed by atoms with Crippen molar-refractivity contribution in [1.82, 2.24) is 5.32 Å². The van der Waals surface area contributed by atoms with Crippen molar-refractivity contribution in [1.29, 1.82) is 0 Å². The molecule has 1 amide bonds. The van der Waals surface area contributed by atoms with Gasteiger partial charge >= 0.3 is 0 Å². The van der Waals surface area contributed by atoms with Crippen LogP contribution in [-0.4, -0.2) is 30.1 Å². The number of para-hydroxylation sites is 1. The van der Waals surface area contributed by atoms with E-state index in [-0.39, 0.29) is 17.9 Å². The van der Waals surface area contributed by atoms with Gasteiger partial charge in [-0.25, -0.2) is 0 Å². The smallest absolute Gasteiger partial charge is 0.225 e. The fourth-order valence-corrected chi connectivity index (χ4v) is 3.50. The average molecular weight is 274 g/mol. The molecule has 3 rings (SSSR count). The zero-order valence-corrected chi connectivity index (χ0v) is 11.9. The van der Waals surface area contributed by atoms with Crippen molar-refractivity contribution in [3.8, 4) is 0 Å². The van der Waals surface area contributed by atoms with Crippen LogP contribution in [0.15, 0.2) is 24.3 Å². The van der Waals surface area contributed by atoms with Gasteiger partial charge in [-0.3, -0.25) is 4.79 Å². The molecular weight excluding hydrogens is 252 g/mol. The number of rotatable bonds is 3. The molecule has 0 radical (unpaired) electrons. The van der Waals surface area contributed by atoms with Crippen LogP contribution in [0.2, 0.25) is 0 Å². The molecule has 20 heavy (non-hydrogen) atoms. The summed E-state index contributed by atoms with van der Waals surface area (Å²) in [5.41, 5.74) is 2.07. The summed E-state index contributed by atoms with van der Waals surface area (Å²) < 4.78 is 0. The van der Waals surface area contributed by atoms with Crippen LogP contribution in [0.1, 0.15) is 37.9 Å². The average Bonchev–Trinajstić information content (AvgIpc) is 2.88. The van der Waals surface area contributed by atoms with E-state index in [0.717, 1.165) is 37.2 Å². The van der Waals surface area contributed by atoms with Gasteiger partial charge in [-0.15, -0.1) is 0 Å². The van der Waals surface area contributed by atoms with Crippen molar-refractivity contribution in [2.24, 2.45) is 5.92 Å². The molecule has 2 aliphatic heterocycles. The predicted molar refractivity (Wildman–Crippen MR) is 78.6 cm³/mol. The highest BCUT2D eigenvalue weighted by Crippen LogP contribution is 2.35. The third kappa shape index (κ3) is 2.18. The Bertz CT molecular complexity index is 503. The fraction of sp³-hybridized carbons (Fsp3) is 0.562. The number of anilines is 1. The van der Waals surface area contributed by atoms with Gasteiger partial charge in [0.05, 0.1) is 18.1 Å². The highest BCUT2D eigenvalue weighted by molar-refractivity contribution is 5.83. The lowest BCUT2D eigenvalue weighted by molar-refractivity contribution is -0.122. The van der Waals surface area contributed by atoms with E-state index in [4.69, 9.17) is 0 Å². The lowest BCUT2D eigenvalue weighted by Crippen LogP contribution is -2.46. The Morgan fingerprint density at radius 2 is 2.25 bits per heavy atom. The van der Waals surface area contributed by atoms with Crippen molar-refractivity contribution in [2.75, 3.05) is 18.0 Å². The first-order valence-corrected chi connectivity index (χ1v) is 7.53. The van der Waals surface area contributed by atoms with Crippen molar-refractivity contribution in [3.63, 3.8) is 0 Å². The molecule has 0 aliphatic carbocycles. The van der Waals surface area contributed by atoms with Gasteiger partial charge in [-0.1, -0.05) is 25.1 Å². The number of amides is 1. The number of aliphatic hydroxyl groups excluding tert-OH is 1. The summed E-state index contributed by atoms with van der Waals surface area (Å²) in [6.07, 6.45) is 2.28.